The Balaban J connectivity index is 2.35. The summed E-state index contributed by atoms with van der Waals surface area (Å²) in [6.45, 7) is 0. The van der Waals surface area contributed by atoms with Gasteiger partial charge in [0.25, 0.3) is 0 Å². The van der Waals surface area contributed by atoms with Crippen LogP contribution in [0.15, 0.2) is 42.5 Å². The summed E-state index contributed by atoms with van der Waals surface area (Å²) in [4.78, 5) is 0. The van der Waals surface area contributed by atoms with Crippen molar-refractivity contribution in [3.8, 4) is 0 Å². The molecule has 0 saturated carbocycles. The number of methoxy groups -OCH3 is 2. The first-order valence-corrected chi connectivity index (χ1v) is 5.48. The first kappa shape index (κ1) is 12.0. The summed E-state index contributed by atoms with van der Waals surface area (Å²) in [7, 11) is 3.02. The van der Waals surface area contributed by atoms with Gasteiger partial charge in [0.2, 0.25) is 0 Å². The number of fused-ring (bicyclic) bond motifs is 1. The van der Waals surface area contributed by atoms with Crippen LogP contribution < -0.4 is 0 Å². The van der Waals surface area contributed by atoms with Crippen LogP contribution in [0.25, 0.3) is 10.8 Å². The van der Waals surface area contributed by atoms with Gasteiger partial charge in [0.1, 0.15) is 6.10 Å². The molecular formula is C14H16O3. The maximum atomic E-state index is 10.1. The minimum absolute atomic E-state index is 0.642. The van der Waals surface area contributed by atoms with Gasteiger partial charge in [-0.05, 0) is 22.4 Å². The third-order valence-electron chi connectivity index (χ3n) is 2.84. The lowest BCUT2D eigenvalue weighted by Gasteiger charge is -2.20. The summed E-state index contributed by atoms with van der Waals surface area (Å²) in [5.41, 5.74) is 0.789. The molecule has 0 aliphatic rings. The second-order valence-corrected chi connectivity index (χ2v) is 3.89. The average molecular weight is 232 g/mol. The van der Waals surface area contributed by atoms with E-state index in [1.165, 1.54) is 14.2 Å². The van der Waals surface area contributed by atoms with E-state index in [9.17, 15) is 5.11 Å². The molecule has 90 valence electrons. The van der Waals surface area contributed by atoms with Crippen LogP contribution in [0.5, 0.6) is 0 Å². The lowest BCUT2D eigenvalue weighted by Crippen LogP contribution is -2.22. The highest BCUT2D eigenvalue weighted by atomic mass is 16.7. The Hall–Kier alpha value is -1.42. The van der Waals surface area contributed by atoms with Crippen LogP contribution in [0.4, 0.5) is 0 Å². The third kappa shape index (κ3) is 2.47. The van der Waals surface area contributed by atoms with E-state index in [1.54, 1.807) is 0 Å². The number of hydrogen-bond acceptors (Lipinski definition) is 3. The molecule has 0 saturated heterocycles. The van der Waals surface area contributed by atoms with E-state index in [0.29, 0.717) is 0 Å². The van der Waals surface area contributed by atoms with Gasteiger partial charge in [-0.1, -0.05) is 36.4 Å². The van der Waals surface area contributed by atoms with E-state index in [1.807, 2.05) is 42.5 Å². The number of hydrogen-bond donors (Lipinski definition) is 1. The molecule has 0 aliphatic carbocycles. The SMILES string of the molecule is COC(OC)C(O)c1ccc2ccccc2c1. The molecule has 2 aromatic carbocycles. The molecular weight excluding hydrogens is 216 g/mol. The summed E-state index contributed by atoms with van der Waals surface area (Å²) < 4.78 is 10.1. The fourth-order valence-electron chi connectivity index (χ4n) is 1.90. The Morgan fingerprint density at radius 2 is 1.59 bits per heavy atom. The molecule has 0 bridgehead atoms. The molecule has 0 radical (unpaired) electrons. The highest BCUT2D eigenvalue weighted by Gasteiger charge is 2.19. The number of rotatable bonds is 4. The van der Waals surface area contributed by atoms with E-state index >= 15 is 0 Å². The Labute approximate surface area is 101 Å². The van der Waals surface area contributed by atoms with E-state index in [0.717, 1.165) is 16.3 Å². The lowest BCUT2D eigenvalue weighted by atomic mass is 10.0. The summed E-state index contributed by atoms with van der Waals surface area (Å²) in [5.74, 6) is 0. The standard InChI is InChI=1S/C14H16O3/c1-16-14(17-2)13(15)12-8-7-10-5-3-4-6-11(10)9-12/h3-9,13-15H,1-2H3. The van der Waals surface area contributed by atoms with E-state index in [-0.39, 0.29) is 0 Å². The van der Waals surface area contributed by atoms with Crippen LogP contribution in [0.3, 0.4) is 0 Å². The van der Waals surface area contributed by atoms with E-state index in [4.69, 9.17) is 9.47 Å². The van der Waals surface area contributed by atoms with Crippen molar-refractivity contribution in [2.45, 2.75) is 12.4 Å². The Morgan fingerprint density at radius 1 is 0.941 bits per heavy atom. The second kappa shape index (κ2) is 5.27. The van der Waals surface area contributed by atoms with Gasteiger partial charge in [-0.2, -0.15) is 0 Å². The van der Waals surface area contributed by atoms with Crippen LogP contribution in [0.2, 0.25) is 0 Å². The second-order valence-electron chi connectivity index (χ2n) is 3.89. The maximum absolute atomic E-state index is 10.1. The van der Waals surface area contributed by atoms with Crippen molar-refractivity contribution < 1.29 is 14.6 Å². The minimum Gasteiger partial charge on any atom is -0.383 e. The fourth-order valence-corrected chi connectivity index (χ4v) is 1.90. The smallest absolute Gasteiger partial charge is 0.187 e. The highest BCUT2D eigenvalue weighted by Crippen LogP contribution is 2.23. The molecule has 0 heterocycles. The third-order valence-corrected chi connectivity index (χ3v) is 2.84. The molecule has 0 aliphatic heterocycles. The summed E-state index contributed by atoms with van der Waals surface area (Å²) in [6.07, 6.45) is -1.43. The Kier molecular flexibility index (Phi) is 3.74. The van der Waals surface area contributed by atoms with Crippen LogP contribution in [0, 0.1) is 0 Å². The van der Waals surface area contributed by atoms with Gasteiger partial charge in [0.15, 0.2) is 6.29 Å². The first-order chi connectivity index (χ1) is 8.26. The zero-order valence-corrected chi connectivity index (χ0v) is 9.96. The molecule has 17 heavy (non-hydrogen) atoms. The number of ether oxygens (including phenoxy) is 2. The van der Waals surface area contributed by atoms with Crippen molar-refractivity contribution in [1.29, 1.82) is 0 Å². The zero-order chi connectivity index (χ0) is 12.3. The van der Waals surface area contributed by atoms with Gasteiger partial charge in [0, 0.05) is 14.2 Å². The summed E-state index contributed by atoms with van der Waals surface area (Å²) in [5, 5.41) is 12.3. The van der Waals surface area contributed by atoms with Crippen LogP contribution in [0.1, 0.15) is 11.7 Å². The van der Waals surface area contributed by atoms with E-state index in [2.05, 4.69) is 0 Å². The number of aliphatic hydroxyl groups excluding tert-OH is 1. The predicted molar refractivity (Wildman–Crippen MR) is 66.7 cm³/mol. The van der Waals surface area contributed by atoms with Crippen molar-refractivity contribution in [2.75, 3.05) is 14.2 Å². The van der Waals surface area contributed by atoms with Gasteiger partial charge in [-0.3, -0.25) is 0 Å². The molecule has 1 N–H and O–H groups in total. The van der Waals surface area contributed by atoms with Crippen molar-refractivity contribution in [3.05, 3.63) is 48.0 Å². The predicted octanol–water partition coefficient (Wildman–Crippen LogP) is 2.49. The highest BCUT2D eigenvalue weighted by molar-refractivity contribution is 5.83. The fraction of sp³-hybridized carbons (Fsp3) is 0.286. The molecule has 0 spiro atoms. The number of aliphatic hydroxyl groups is 1. The normalized spacial score (nSPS) is 13.2. The minimum atomic E-state index is -0.783. The van der Waals surface area contributed by atoms with Crippen LogP contribution in [-0.4, -0.2) is 25.6 Å². The Morgan fingerprint density at radius 3 is 2.24 bits per heavy atom. The molecule has 0 fully saturated rings. The van der Waals surface area contributed by atoms with Gasteiger partial charge in [-0.15, -0.1) is 0 Å². The molecule has 0 amide bonds. The topological polar surface area (TPSA) is 38.7 Å². The van der Waals surface area contributed by atoms with Gasteiger partial charge < -0.3 is 14.6 Å². The monoisotopic (exact) mass is 232 g/mol. The largest absolute Gasteiger partial charge is 0.383 e. The summed E-state index contributed by atoms with van der Waals surface area (Å²) >= 11 is 0. The molecule has 3 nitrogen and oxygen atoms in total. The van der Waals surface area contributed by atoms with Crippen LogP contribution >= 0.6 is 0 Å². The number of benzene rings is 2. The first-order valence-electron chi connectivity index (χ1n) is 5.48. The molecule has 0 aromatic heterocycles. The zero-order valence-electron chi connectivity index (χ0n) is 9.96. The quantitative estimate of drug-likeness (QED) is 0.823. The van der Waals surface area contributed by atoms with Gasteiger partial charge in [-0.25, -0.2) is 0 Å². The van der Waals surface area contributed by atoms with Crippen molar-refractivity contribution in [1.82, 2.24) is 0 Å². The maximum Gasteiger partial charge on any atom is 0.187 e. The van der Waals surface area contributed by atoms with Crippen molar-refractivity contribution in [2.24, 2.45) is 0 Å². The van der Waals surface area contributed by atoms with Crippen molar-refractivity contribution in [3.63, 3.8) is 0 Å². The lowest BCUT2D eigenvalue weighted by molar-refractivity contribution is -0.166. The van der Waals surface area contributed by atoms with Gasteiger partial charge in [0.05, 0.1) is 0 Å². The molecule has 1 unspecified atom stereocenters. The molecule has 2 rings (SSSR count). The van der Waals surface area contributed by atoms with Crippen LogP contribution in [-0.2, 0) is 9.47 Å². The molecule has 3 heteroatoms. The van der Waals surface area contributed by atoms with Crippen molar-refractivity contribution >= 4 is 10.8 Å². The van der Waals surface area contributed by atoms with Gasteiger partial charge >= 0.3 is 0 Å². The summed E-state index contributed by atoms with van der Waals surface area (Å²) in [6, 6.07) is 13.8. The molecule has 2 aromatic rings. The Bertz CT molecular complexity index is 492. The average Bonchev–Trinajstić information content (AvgIpc) is 2.39. The molecule has 1 atom stereocenters. The van der Waals surface area contributed by atoms with E-state index < -0.39 is 12.4 Å².